The van der Waals surface area contributed by atoms with E-state index in [0.29, 0.717) is 71.8 Å². The second-order valence-corrected chi connectivity index (χ2v) is 9.04. The van der Waals surface area contributed by atoms with Crippen molar-refractivity contribution in [2.45, 2.75) is 50.9 Å². The molecule has 1 aliphatic heterocycles. The zero-order valence-electron chi connectivity index (χ0n) is 19.2. The molecule has 4 rings (SSSR count). The number of allylic oxidation sites excluding steroid dienone is 4. The van der Waals surface area contributed by atoms with Crippen LogP contribution in [0.1, 0.15) is 56.4 Å². The first kappa shape index (κ1) is 24.1. The van der Waals surface area contributed by atoms with Gasteiger partial charge in [-0.05, 0) is 43.4 Å². The molecule has 0 spiro atoms. The van der Waals surface area contributed by atoms with Crippen LogP contribution in [0, 0.1) is 0 Å². The van der Waals surface area contributed by atoms with Gasteiger partial charge in [-0.25, -0.2) is 0 Å². The van der Waals surface area contributed by atoms with Crippen molar-refractivity contribution in [3.63, 3.8) is 0 Å². The van der Waals surface area contributed by atoms with E-state index in [9.17, 15) is 19.5 Å². The van der Waals surface area contributed by atoms with Crippen molar-refractivity contribution < 1.29 is 29.0 Å². The molecule has 0 saturated heterocycles. The summed E-state index contributed by atoms with van der Waals surface area (Å²) in [6.07, 6.45) is 5.03. The lowest BCUT2D eigenvalue weighted by Gasteiger charge is -2.44. The van der Waals surface area contributed by atoms with Crippen molar-refractivity contribution >= 4 is 29.1 Å². The van der Waals surface area contributed by atoms with Gasteiger partial charge in [-0.3, -0.25) is 14.4 Å². The number of carboxylic acid groups (broad SMARTS) is 1. The normalized spacial score (nSPS) is 18.6. The molecule has 1 N–H and O–H groups in total. The summed E-state index contributed by atoms with van der Waals surface area (Å²) in [6.45, 7) is 4.14. The Morgan fingerprint density at radius 1 is 1.15 bits per heavy atom. The van der Waals surface area contributed by atoms with Crippen LogP contribution < -0.4 is 9.47 Å². The third-order valence-corrected chi connectivity index (χ3v) is 6.85. The number of Topliss-reactive ketones (excluding diaryl/α,β-unsaturated/α-hetero) is 2. The third-order valence-electron chi connectivity index (χ3n) is 6.57. The Labute approximate surface area is 203 Å². The second-order valence-electron chi connectivity index (χ2n) is 8.64. The van der Waals surface area contributed by atoms with Crippen LogP contribution in [-0.4, -0.2) is 47.8 Å². The summed E-state index contributed by atoms with van der Waals surface area (Å²) in [5, 5.41) is 9.63. The standard InChI is InChI=1S/C26H28ClNO6/c1-3-12-34-26-16(27)13-15(14-21(26)33-2)23-24-17(6-4-8-19(24)29)28(11-10-22(31)32)18-7-5-9-20(30)25(18)23/h3,13-14,23H,1,4-12H2,2H3,(H,31,32). The van der Waals surface area contributed by atoms with Crippen LogP contribution in [0.3, 0.4) is 0 Å². The SMILES string of the molecule is C=CCOc1c(Cl)cc(C2C3=C(CCCC3=O)N(CCC(=O)O)C3=C2C(=O)CCC3)cc1OC. The highest BCUT2D eigenvalue weighted by Crippen LogP contribution is 2.51. The summed E-state index contributed by atoms with van der Waals surface area (Å²) in [5.74, 6) is -0.723. The first-order valence-corrected chi connectivity index (χ1v) is 11.9. The molecule has 0 atom stereocenters. The van der Waals surface area contributed by atoms with Gasteiger partial charge >= 0.3 is 5.97 Å². The fourth-order valence-corrected chi connectivity index (χ4v) is 5.49. The van der Waals surface area contributed by atoms with Gasteiger partial charge in [-0.15, -0.1) is 0 Å². The predicted molar refractivity (Wildman–Crippen MR) is 127 cm³/mol. The number of rotatable bonds is 8. The van der Waals surface area contributed by atoms with E-state index in [1.165, 1.54) is 7.11 Å². The minimum absolute atomic E-state index is 0.0152. The summed E-state index contributed by atoms with van der Waals surface area (Å²) in [6, 6.07) is 3.51. The lowest BCUT2D eigenvalue weighted by atomic mass is 9.71. The Kier molecular flexibility index (Phi) is 7.12. The molecule has 0 radical (unpaired) electrons. The summed E-state index contributed by atoms with van der Waals surface area (Å²) < 4.78 is 11.2. The molecule has 3 aliphatic rings. The highest BCUT2D eigenvalue weighted by molar-refractivity contribution is 6.32. The summed E-state index contributed by atoms with van der Waals surface area (Å²) in [5.41, 5.74) is 3.50. The number of ketones is 2. The van der Waals surface area contributed by atoms with Crippen LogP contribution in [0.15, 0.2) is 47.3 Å². The predicted octanol–water partition coefficient (Wildman–Crippen LogP) is 4.80. The van der Waals surface area contributed by atoms with Crippen molar-refractivity contribution in [1.29, 1.82) is 0 Å². The fourth-order valence-electron chi connectivity index (χ4n) is 5.22. The largest absolute Gasteiger partial charge is 0.493 e. The number of hydrogen-bond donors (Lipinski definition) is 1. The Morgan fingerprint density at radius 2 is 1.76 bits per heavy atom. The van der Waals surface area contributed by atoms with E-state index >= 15 is 0 Å². The third kappa shape index (κ3) is 4.37. The quantitative estimate of drug-likeness (QED) is 0.528. The van der Waals surface area contributed by atoms with Gasteiger partial charge in [-0.2, -0.15) is 0 Å². The number of ether oxygens (including phenoxy) is 2. The number of nitrogens with zero attached hydrogens (tertiary/aromatic N) is 1. The second kappa shape index (κ2) is 10.1. The Balaban J connectivity index is 1.91. The number of carbonyl (C=O) groups excluding carboxylic acids is 2. The molecule has 0 bridgehead atoms. The minimum Gasteiger partial charge on any atom is -0.493 e. The van der Waals surface area contributed by atoms with Gasteiger partial charge in [0.25, 0.3) is 0 Å². The first-order chi connectivity index (χ1) is 16.4. The number of methoxy groups -OCH3 is 1. The molecule has 7 nitrogen and oxygen atoms in total. The highest BCUT2D eigenvalue weighted by atomic mass is 35.5. The molecule has 1 aromatic carbocycles. The van der Waals surface area contributed by atoms with Crippen LogP contribution in [0.4, 0.5) is 0 Å². The summed E-state index contributed by atoms with van der Waals surface area (Å²) in [4.78, 5) is 39.9. The number of carboxylic acids is 1. The van der Waals surface area contributed by atoms with Crippen molar-refractivity contribution in [3.05, 3.63) is 57.9 Å². The van der Waals surface area contributed by atoms with Gasteiger partial charge in [0.15, 0.2) is 23.1 Å². The van der Waals surface area contributed by atoms with Crippen LogP contribution in [0.5, 0.6) is 11.5 Å². The lowest BCUT2D eigenvalue weighted by molar-refractivity contribution is -0.137. The van der Waals surface area contributed by atoms with Crippen LogP contribution in [0.25, 0.3) is 0 Å². The Bertz CT molecular complexity index is 1070. The Morgan fingerprint density at radius 3 is 2.29 bits per heavy atom. The number of aliphatic carboxylic acids is 1. The van der Waals surface area contributed by atoms with Gasteiger partial charge in [0.05, 0.1) is 18.6 Å². The maximum Gasteiger partial charge on any atom is 0.305 e. The van der Waals surface area contributed by atoms with E-state index in [-0.39, 0.29) is 31.1 Å². The van der Waals surface area contributed by atoms with E-state index in [1.54, 1.807) is 18.2 Å². The fraction of sp³-hybridized carbons (Fsp3) is 0.423. The number of hydrogen-bond acceptors (Lipinski definition) is 6. The van der Waals surface area contributed by atoms with Gasteiger partial charge < -0.3 is 19.5 Å². The molecule has 0 fully saturated rings. The molecule has 0 aromatic heterocycles. The number of carbonyl (C=O) groups is 3. The molecule has 0 saturated carbocycles. The first-order valence-electron chi connectivity index (χ1n) is 11.5. The van der Waals surface area contributed by atoms with Gasteiger partial charge in [0.2, 0.25) is 0 Å². The molecule has 34 heavy (non-hydrogen) atoms. The van der Waals surface area contributed by atoms with Crippen LogP contribution in [0.2, 0.25) is 5.02 Å². The van der Waals surface area contributed by atoms with Gasteiger partial charge in [0, 0.05) is 47.8 Å². The van der Waals surface area contributed by atoms with Crippen molar-refractivity contribution in [3.8, 4) is 11.5 Å². The maximum absolute atomic E-state index is 13.3. The van der Waals surface area contributed by atoms with Gasteiger partial charge in [0.1, 0.15) is 6.61 Å². The average Bonchev–Trinajstić information content (AvgIpc) is 2.81. The highest BCUT2D eigenvalue weighted by Gasteiger charge is 2.43. The molecule has 8 heteroatoms. The molecule has 0 amide bonds. The van der Waals surface area contributed by atoms with E-state index < -0.39 is 11.9 Å². The van der Waals surface area contributed by atoms with E-state index in [4.69, 9.17) is 21.1 Å². The van der Waals surface area contributed by atoms with Crippen molar-refractivity contribution in [1.82, 2.24) is 4.90 Å². The molecule has 0 unspecified atom stereocenters. The van der Waals surface area contributed by atoms with Crippen LogP contribution >= 0.6 is 11.6 Å². The van der Waals surface area contributed by atoms with Crippen LogP contribution in [-0.2, 0) is 14.4 Å². The smallest absolute Gasteiger partial charge is 0.305 e. The molecule has 180 valence electrons. The zero-order valence-corrected chi connectivity index (χ0v) is 20.0. The average molecular weight is 486 g/mol. The summed E-state index contributed by atoms with van der Waals surface area (Å²) >= 11 is 6.59. The zero-order chi connectivity index (χ0) is 24.4. The maximum atomic E-state index is 13.3. The molecule has 1 heterocycles. The minimum atomic E-state index is -0.915. The topological polar surface area (TPSA) is 93.1 Å². The molecule has 2 aliphatic carbocycles. The van der Waals surface area contributed by atoms with E-state index in [0.717, 1.165) is 11.4 Å². The summed E-state index contributed by atoms with van der Waals surface area (Å²) in [7, 11) is 1.51. The monoisotopic (exact) mass is 485 g/mol. The van der Waals surface area contributed by atoms with Crippen molar-refractivity contribution in [2.24, 2.45) is 0 Å². The van der Waals surface area contributed by atoms with Crippen molar-refractivity contribution in [2.75, 3.05) is 20.3 Å². The Hall–Kier alpha value is -3.06. The molecule has 1 aromatic rings. The number of halogens is 1. The lowest BCUT2D eigenvalue weighted by Crippen LogP contribution is -2.39. The molecular weight excluding hydrogens is 458 g/mol. The van der Waals surface area contributed by atoms with E-state index in [2.05, 4.69) is 6.58 Å². The van der Waals surface area contributed by atoms with Gasteiger partial charge in [-0.1, -0.05) is 24.3 Å². The van der Waals surface area contributed by atoms with E-state index in [1.807, 2.05) is 4.90 Å². The molecular formula is C26H28ClNO6. The number of benzene rings is 1.